The number of nitrogens with one attached hydrogen (secondary N) is 1. The number of halogens is 3. The number of hydrogen-bond acceptors (Lipinski definition) is 4. The highest BCUT2D eigenvalue weighted by molar-refractivity contribution is 9.10. The van der Waals surface area contributed by atoms with E-state index in [1.165, 1.54) is 0 Å². The van der Waals surface area contributed by atoms with E-state index < -0.39 is 0 Å². The second-order valence-corrected chi connectivity index (χ2v) is 7.42. The molecule has 0 heterocycles. The highest BCUT2D eigenvalue weighted by Gasteiger charge is 2.12. The molecule has 0 spiro atoms. The van der Waals surface area contributed by atoms with E-state index in [-0.39, 0.29) is 6.61 Å². The van der Waals surface area contributed by atoms with Crippen LogP contribution in [0.4, 0.5) is 0 Å². The van der Waals surface area contributed by atoms with Crippen molar-refractivity contribution in [2.24, 2.45) is 0 Å². The van der Waals surface area contributed by atoms with Gasteiger partial charge in [-0.3, -0.25) is 0 Å². The standard InChI is InChI=1S/C19H22BrCl2NO3/c1-25-18-10-14(11-23-6-2-3-7-24)8-15(20)19(18)26-12-13-4-5-16(21)17(22)9-13/h4-5,8-10,23-24H,2-3,6-7,11-12H2,1H3. The van der Waals surface area contributed by atoms with Gasteiger partial charge >= 0.3 is 0 Å². The van der Waals surface area contributed by atoms with Gasteiger partial charge in [-0.15, -0.1) is 0 Å². The molecule has 2 N–H and O–H groups in total. The van der Waals surface area contributed by atoms with Crippen molar-refractivity contribution < 1.29 is 14.6 Å². The molecule has 142 valence electrons. The van der Waals surface area contributed by atoms with Crippen LogP contribution in [0.2, 0.25) is 10.0 Å². The molecule has 0 fully saturated rings. The number of benzene rings is 2. The summed E-state index contributed by atoms with van der Waals surface area (Å²) in [7, 11) is 1.62. The van der Waals surface area contributed by atoms with Crippen LogP contribution in [0.3, 0.4) is 0 Å². The second-order valence-electron chi connectivity index (χ2n) is 5.75. The van der Waals surface area contributed by atoms with Crippen molar-refractivity contribution in [2.45, 2.75) is 26.0 Å². The third-order valence-corrected chi connectivity index (χ3v) is 5.08. The van der Waals surface area contributed by atoms with Gasteiger partial charge in [0.15, 0.2) is 11.5 Å². The first-order valence-electron chi connectivity index (χ1n) is 8.30. The summed E-state index contributed by atoms with van der Waals surface area (Å²) in [5, 5.41) is 13.2. The van der Waals surface area contributed by atoms with Gasteiger partial charge in [0.1, 0.15) is 6.61 Å². The van der Waals surface area contributed by atoms with Crippen LogP contribution in [0.15, 0.2) is 34.8 Å². The van der Waals surface area contributed by atoms with Crippen molar-refractivity contribution >= 4 is 39.1 Å². The van der Waals surface area contributed by atoms with Crippen LogP contribution >= 0.6 is 39.1 Å². The van der Waals surface area contributed by atoms with Gasteiger partial charge in [0.25, 0.3) is 0 Å². The summed E-state index contributed by atoms with van der Waals surface area (Å²) in [6, 6.07) is 9.37. The van der Waals surface area contributed by atoms with Gasteiger partial charge in [-0.1, -0.05) is 29.3 Å². The summed E-state index contributed by atoms with van der Waals surface area (Å²) in [6.07, 6.45) is 1.75. The number of aliphatic hydroxyl groups excluding tert-OH is 1. The maximum Gasteiger partial charge on any atom is 0.175 e. The van der Waals surface area contributed by atoms with Crippen molar-refractivity contribution in [3.8, 4) is 11.5 Å². The van der Waals surface area contributed by atoms with Crippen molar-refractivity contribution in [3.63, 3.8) is 0 Å². The molecule has 0 aliphatic rings. The van der Waals surface area contributed by atoms with Crippen LogP contribution in [-0.4, -0.2) is 25.4 Å². The van der Waals surface area contributed by atoms with E-state index >= 15 is 0 Å². The molecule has 0 bridgehead atoms. The minimum atomic E-state index is 0.228. The van der Waals surface area contributed by atoms with E-state index in [4.69, 9.17) is 37.8 Å². The Hall–Kier alpha value is -0.980. The maximum atomic E-state index is 8.80. The minimum absolute atomic E-state index is 0.228. The molecule has 0 amide bonds. The van der Waals surface area contributed by atoms with E-state index in [1.807, 2.05) is 18.2 Å². The van der Waals surface area contributed by atoms with Gasteiger partial charge in [-0.05, 0) is 70.7 Å². The van der Waals surface area contributed by atoms with Crippen molar-refractivity contribution in [1.29, 1.82) is 0 Å². The first-order valence-corrected chi connectivity index (χ1v) is 9.84. The smallest absolute Gasteiger partial charge is 0.175 e. The first kappa shape index (κ1) is 21.3. The molecular weight excluding hydrogens is 441 g/mol. The number of aliphatic hydroxyl groups is 1. The summed E-state index contributed by atoms with van der Waals surface area (Å²) in [5.41, 5.74) is 2.00. The van der Waals surface area contributed by atoms with Gasteiger partial charge in [0, 0.05) is 13.2 Å². The number of rotatable bonds is 10. The predicted molar refractivity (Wildman–Crippen MR) is 110 cm³/mol. The molecule has 0 unspecified atom stereocenters. The van der Waals surface area contributed by atoms with Gasteiger partial charge in [0.05, 0.1) is 21.6 Å². The molecular formula is C19H22BrCl2NO3. The average Bonchev–Trinajstić information content (AvgIpc) is 2.63. The summed E-state index contributed by atoms with van der Waals surface area (Å²) >= 11 is 15.5. The minimum Gasteiger partial charge on any atom is -0.493 e. The molecule has 2 rings (SSSR count). The normalized spacial score (nSPS) is 10.8. The first-order chi connectivity index (χ1) is 12.5. The monoisotopic (exact) mass is 461 g/mol. The SMILES string of the molecule is COc1cc(CNCCCCO)cc(Br)c1OCc1ccc(Cl)c(Cl)c1. The Balaban J connectivity index is 2.02. The number of ether oxygens (including phenoxy) is 2. The second kappa shape index (κ2) is 11.0. The molecule has 4 nitrogen and oxygen atoms in total. The molecule has 7 heteroatoms. The summed E-state index contributed by atoms with van der Waals surface area (Å²) in [4.78, 5) is 0. The Morgan fingerprint density at radius 3 is 2.58 bits per heavy atom. The fourth-order valence-corrected chi connectivity index (χ4v) is 3.32. The van der Waals surface area contributed by atoms with Crippen LogP contribution in [0, 0.1) is 0 Å². The summed E-state index contributed by atoms with van der Waals surface area (Å²) in [6.45, 7) is 2.15. The number of methoxy groups -OCH3 is 1. The Labute approximate surface area is 172 Å². The van der Waals surface area contributed by atoms with E-state index in [1.54, 1.807) is 19.2 Å². The van der Waals surface area contributed by atoms with Gasteiger partial charge in [0.2, 0.25) is 0 Å². The van der Waals surface area contributed by atoms with Crippen molar-refractivity contribution in [1.82, 2.24) is 5.32 Å². The van der Waals surface area contributed by atoms with Crippen LogP contribution in [-0.2, 0) is 13.2 Å². The van der Waals surface area contributed by atoms with Crippen molar-refractivity contribution in [2.75, 3.05) is 20.3 Å². The fourth-order valence-electron chi connectivity index (χ4n) is 2.39. The lowest BCUT2D eigenvalue weighted by Crippen LogP contribution is -2.15. The third-order valence-electron chi connectivity index (χ3n) is 3.75. The van der Waals surface area contributed by atoms with E-state index in [0.29, 0.717) is 34.7 Å². The molecule has 0 saturated heterocycles. The predicted octanol–water partition coefficient (Wildman–Crippen LogP) is 5.21. The zero-order chi connectivity index (χ0) is 18.9. The van der Waals surface area contributed by atoms with Crippen molar-refractivity contribution in [3.05, 3.63) is 56.0 Å². The van der Waals surface area contributed by atoms with E-state index in [9.17, 15) is 0 Å². The highest BCUT2D eigenvalue weighted by Crippen LogP contribution is 2.37. The Kier molecular flexibility index (Phi) is 9.02. The Bertz CT molecular complexity index is 728. The van der Waals surface area contributed by atoms with Gasteiger partial charge in [-0.25, -0.2) is 0 Å². The summed E-state index contributed by atoms with van der Waals surface area (Å²) < 4.78 is 12.2. The molecule has 0 aromatic heterocycles. The largest absolute Gasteiger partial charge is 0.493 e. The quantitative estimate of drug-likeness (QED) is 0.476. The highest BCUT2D eigenvalue weighted by atomic mass is 79.9. The zero-order valence-corrected chi connectivity index (χ0v) is 17.6. The zero-order valence-electron chi connectivity index (χ0n) is 14.5. The van der Waals surface area contributed by atoms with Gasteiger partial charge in [-0.2, -0.15) is 0 Å². The molecule has 26 heavy (non-hydrogen) atoms. The van der Waals surface area contributed by atoms with Gasteiger partial charge < -0.3 is 19.9 Å². The fraction of sp³-hybridized carbons (Fsp3) is 0.368. The third kappa shape index (κ3) is 6.32. The Morgan fingerprint density at radius 2 is 1.88 bits per heavy atom. The molecule has 0 aliphatic heterocycles. The van der Waals surface area contributed by atoms with E-state index in [2.05, 4.69) is 21.2 Å². The molecule has 0 atom stereocenters. The Morgan fingerprint density at radius 1 is 1.08 bits per heavy atom. The summed E-state index contributed by atoms with van der Waals surface area (Å²) in [5.74, 6) is 1.30. The number of unbranched alkanes of at least 4 members (excludes halogenated alkanes) is 1. The molecule has 2 aromatic carbocycles. The molecule has 2 aromatic rings. The van der Waals surface area contributed by atoms with Crippen LogP contribution in [0.5, 0.6) is 11.5 Å². The molecule has 0 saturated carbocycles. The molecule has 0 radical (unpaired) electrons. The molecule has 0 aliphatic carbocycles. The topological polar surface area (TPSA) is 50.7 Å². The van der Waals surface area contributed by atoms with Crippen LogP contribution in [0.1, 0.15) is 24.0 Å². The number of hydrogen-bond donors (Lipinski definition) is 2. The maximum absolute atomic E-state index is 8.80. The lowest BCUT2D eigenvalue weighted by Gasteiger charge is -2.15. The average molecular weight is 463 g/mol. The lowest BCUT2D eigenvalue weighted by atomic mass is 10.2. The van der Waals surface area contributed by atoms with Crippen LogP contribution in [0.25, 0.3) is 0 Å². The van der Waals surface area contributed by atoms with Crippen LogP contribution < -0.4 is 14.8 Å². The van der Waals surface area contributed by atoms with E-state index in [0.717, 1.165) is 35.0 Å². The lowest BCUT2D eigenvalue weighted by molar-refractivity contribution is 0.282.